The molecule has 0 aliphatic heterocycles. The predicted octanol–water partition coefficient (Wildman–Crippen LogP) is 3.60. The van der Waals surface area contributed by atoms with Crippen LogP contribution in [0.1, 0.15) is 6.92 Å². The lowest BCUT2D eigenvalue weighted by molar-refractivity contribution is -0.384. The summed E-state index contributed by atoms with van der Waals surface area (Å²) in [6.07, 6.45) is -5.75. The number of ether oxygens (including phenoxy) is 1. The third-order valence-corrected chi connectivity index (χ3v) is 2.32. The van der Waals surface area contributed by atoms with Gasteiger partial charge < -0.3 is 10.1 Å². The van der Waals surface area contributed by atoms with Crippen molar-refractivity contribution in [1.29, 1.82) is 0 Å². The molecule has 0 aliphatic rings. The van der Waals surface area contributed by atoms with Gasteiger partial charge in [-0.15, -0.1) is 0 Å². The van der Waals surface area contributed by atoms with Gasteiger partial charge in [-0.3, -0.25) is 10.1 Å². The molecule has 0 spiro atoms. The average molecular weight is 314 g/mol. The molecule has 0 saturated heterocycles. The van der Waals surface area contributed by atoms with Crippen molar-refractivity contribution >= 4 is 11.4 Å². The number of nitro groups is 1. The van der Waals surface area contributed by atoms with Crippen molar-refractivity contribution in [2.75, 3.05) is 18.5 Å². The van der Waals surface area contributed by atoms with E-state index < -0.39 is 35.1 Å². The largest absolute Gasteiger partial charge is 0.487 e. The molecule has 5 nitrogen and oxygen atoms in total. The van der Waals surface area contributed by atoms with Crippen LogP contribution in [0.15, 0.2) is 18.2 Å². The van der Waals surface area contributed by atoms with E-state index in [1.165, 1.54) is 0 Å². The molecular weight excluding hydrogens is 303 g/mol. The summed E-state index contributed by atoms with van der Waals surface area (Å²) in [7, 11) is 0. The Hall–Kier alpha value is -2.13. The van der Waals surface area contributed by atoms with E-state index in [-0.39, 0.29) is 5.69 Å². The Balaban J connectivity index is 2.95. The maximum atomic E-state index is 12.7. The normalized spacial score (nSPS) is 12.1. The van der Waals surface area contributed by atoms with Crippen LogP contribution in [0.2, 0.25) is 0 Å². The molecule has 118 valence electrons. The van der Waals surface area contributed by atoms with Crippen molar-refractivity contribution < 1.29 is 31.6 Å². The first kappa shape index (κ1) is 16.9. The number of anilines is 1. The summed E-state index contributed by atoms with van der Waals surface area (Å²) in [6, 6.07) is 2.98. The molecule has 21 heavy (non-hydrogen) atoms. The number of rotatable bonds is 6. The lowest BCUT2D eigenvalue weighted by Gasteiger charge is -2.20. The van der Waals surface area contributed by atoms with Crippen molar-refractivity contribution in [3.8, 4) is 5.75 Å². The number of nitro benzene ring substituents is 1. The third-order valence-electron chi connectivity index (χ3n) is 2.32. The molecule has 0 amide bonds. The molecule has 0 bridgehead atoms. The highest BCUT2D eigenvalue weighted by Crippen LogP contribution is 2.36. The topological polar surface area (TPSA) is 64.4 Å². The van der Waals surface area contributed by atoms with Crippen LogP contribution in [0.5, 0.6) is 5.75 Å². The Morgan fingerprint density at radius 2 is 1.86 bits per heavy atom. The Morgan fingerprint density at radius 1 is 1.24 bits per heavy atom. The van der Waals surface area contributed by atoms with E-state index in [1.807, 2.05) is 0 Å². The number of hydrogen-bond acceptors (Lipinski definition) is 4. The van der Waals surface area contributed by atoms with Crippen molar-refractivity contribution in [2.24, 2.45) is 0 Å². The maximum absolute atomic E-state index is 12.7. The summed E-state index contributed by atoms with van der Waals surface area (Å²) in [4.78, 5) is 9.85. The van der Waals surface area contributed by atoms with Crippen molar-refractivity contribution in [1.82, 2.24) is 0 Å². The van der Waals surface area contributed by atoms with Gasteiger partial charge in [0.1, 0.15) is 5.75 Å². The van der Waals surface area contributed by atoms with Gasteiger partial charge in [-0.2, -0.15) is 22.0 Å². The minimum Gasteiger partial charge on any atom is -0.487 e. The fourth-order valence-electron chi connectivity index (χ4n) is 1.33. The molecule has 1 aromatic rings. The molecule has 1 N–H and O–H groups in total. The summed E-state index contributed by atoms with van der Waals surface area (Å²) in [5.41, 5.74) is -0.309. The van der Waals surface area contributed by atoms with Gasteiger partial charge in [-0.05, 0) is 6.92 Å². The quantitative estimate of drug-likeness (QED) is 0.495. The van der Waals surface area contributed by atoms with Crippen LogP contribution in [0.4, 0.5) is 33.3 Å². The SMILES string of the molecule is CCNc1cc(OCC(F)(F)C(F)(F)F)cc([N+](=O)[O-])c1. The van der Waals surface area contributed by atoms with E-state index in [0.717, 1.165) is 18.2 Å². The second-order valence-corrected chi connectivity index (χ2v) is 3.99. The van der Waals surface area contributed by atoms with Crippen molar-refractivity contribution in [2.45, 2.75) is 19.0 Å². The highest BCUT2D eigenvalue weighted by atomic mass is 19.4. The molecule has 0 aliphatic carbocycles. The zero-order valence-electron chi connectivity index (χ0n) is 10.7. The van der Waals surface area contributed by atoms with E-state index in [1.54, 1.807) is 6.92 Å². The van der Waals surface area contributed by atoms with Crippen molar-refractivity contribution in [3.05, 3.63) is 28.3 Å². The van der Waals surface area contributed by atoms with Crippen LogP contribution in [-0.4, -0.2) is 30.2 Å². The summed E-state index contributed by atoms with van der Waals surface area (Å²) in [5.74, 6) is -5.50. The van der Waals surface area contributed by atoms with Crippen LogP contribution in [0, 0.1) is 10.1 Å². The van der Waals surface area contributed by atoms with E-state index in [9.17, 15) is 32.1 Å². The maximum Gasteiger partial charge on any atom is 0.456 e. The van der Waals surface area contributed by atoms with Crippen LogP contribution in [0.25, 0.3) is 0 Å². The molecule has 0 radical (unpaired) electrons. The summed E-state index contributed by atoms with van der Waals surface area (Å²) < 4.78 is 65.8. The zero-order chi connectivity index (χ0) is 16.3. The van der Waals surface area contributed by atoms with Crippen LogP contribution in [0.3, 0.4) is 0 Å². The van der Waals surface area contributed by atoms with Gasteiger partial charge in [0.25, 0.3) is 5.69 Å². The van der Waals surface area contributed by atoms with Gasteiger partial charge in [-0.25, -0.2) is 0 Å². The molecule has 10 heteroatoms. The van der Waals surface area contributed by atoms with Gasteiger partial charge >= 0.3 is 12.1 Å². The molecule has 0 fully saturated rings. The number of halogens is 5. The summed E-state index contributed by atoms with van der Waals surface area (Å²) in [5, 5.41) is 13.3. The highest BCUT2D eigenvalue weighted by molar-refractivity contribution is 5.56. The number of benzene rings is 1. The lowest BCUT2D eigenvalue weighted by Crippen LogP contribution is -2.41. The van der Waals surface area contributed by atoms with Crippen LogP contribution in [-0.2, 0) is 0 Å². The highest BCUT2D eigenvalue weighted by Gasteiger charge is 2.58. The molecule has 1 rings (SSSR count). The average Bonchev–Trinajstić information content (AvgIpc) is 2.35. The predicted molar refractivity (Wildman–Crippen MR) is 63.8 cm³/mol. The number of hydrogen-bond donors (Lipinski definition) is 1. The van der Waals surface area contributed by atoms with Crippen LogP contribution < -0.4 is 10.1 Å². The van der Waals surface area contributed by atoms with Gasteiger partial charge in [0.15, 0.2) is 6.61 Å². The monoisotopic (exact) mass is 314 g/mol. The van der Waals surface area contributed by atoms with Gasteiger partial charge in [0.05, 0.1) is 11.0 Å². The lowest BCUT2D eigenvalue weighted by atomic mass is 10.2. The molecule has 0 aromatic heterocycles. The Morgan fingerprint density at radius 3 is 2.33 bits per heavy atom. The minimum atomic E-state index is -5.75. The number of alkyl halides is 5. The second-order valence-electron chi connectivity index (χ2n) is 3.99. The number of non-ortho nitro benzene ring substituents is 1. The fourth-order valence-corrected chi connectivity index (χ4v) is 1.33. The zero-order valence-corrected chi connectivity index (χ0v) is 10.7. The fraction of sp³-hybridized carbons (Fsp3) is 0.455. The first-order valence-electron chi connectivity index (χ1n) is 5.67. The first-order chi connectivity index (χ1) is 9.56. The molecule has 0 heterocycles. The number of nitrogens with one attached hydrogen (secondary N) is 1. The molecule has 0 unspecified atom stereocenters. The van der Waals surface area contributed by atoms with Gasteiger partial charge in [0.2, 0.25) is 0 Å². The number of nitrogens with zero attached hydrogens (tertiary/aromatic N) is 1. The van der Waals surface area contributed by atoms with E-state index in [0.29, 0.717) is 6.54 Å². The van der Waals surface area contributed by atoms with E-state index >= 15 is 0 Å². The summed E-state index contributed by atoms with van der Waals surface area (Å²) in [6.45, 7) is 0.0969. The van der Waals surface area contributed by atoms with Gasteiger partial charge in [-0.1, -0.05) is 0 Å². The smallest absolute Gasteiger partial charge is 0.456 e. The second kappa shape index (κ2) is 6.10. The molecule has 0 saturated carbocycles. The summed E-state index contributed by atoms with van der Waals surface area (Å²) >= 11 is 0. The molecule has 0 atom stereocenters. The first-order valence-corrected chi connectivity index (χ1v) is 5.67. The third kappa shape index (κ3) is 4.43. The van der Waals surface area contributed by atoms with E-state index in [4.69, 9.17) is 0 Å². The Bertz CT molecular complexity index is 519. The van der Waals surface area contributed by atoms with Crippen LogP contribution >= 0.6 is 0 Å². The van der Waals surface area contributed by atoms with Gasteiger partial charge in [0, 0.05) is 24.4 Å². The molecule has 1 aromatic carbocycles. The standard InChI is InChI=1S/C11H11F5N2O3/c1-2-17-7-3-8(18(19)20)5-9(4-7)21-6-10(12,13)11(14,15)16/h3-5,17H,2,6H2,1H3. The minimum absolute atomic E-state index is 0.178. The van der Waals surface area contributed by atoms with Crippen molar-refractivity contribution in [3.63, 3.8) is 0 Å². The Kier molecular flexibility index (Phi) is 4.92. The molecular formula is C11H11F5N2O3. The van der Waals surface area contributed by atoms with E-state index in [2.05, 4.69) is 10.1 Å². The Labute approximate surface area is 115 Å².